The highest BCUT2D eigenvalue weighted by Crippen LogP contribution is 2.13. The molecule has 0 spiro atoms. The van der Waals surface area contributed by atoms with E-state index in [4.69, 9.17) is 0 Å². The minimum absolute atomic E-state index is 0.245. The fourth-order valence-electron chi connectivity index (χ4n) is 1.92. The number of carbonyl (C=O) groups excluding carboxylic acids is 1. The summed E-state index contributed by atoms with van der Waals surface area (Å²) in [6.45, 7) is 0. The first kappa shape index (κ1) is 12.9. The zero-order chi connectivity index (χ0) is 14.5. The average Bonchev–Trinajstić information content (AvgIpc) is 3.08. The number of anilines is 1. The fraction of sp³-hybridized carbons (Fsp3) is 0. The lowest BCUT2D eigenvalue weighted by molar-refractivity contribution is 0.0962. The number of aromatic nitrogens is 3. The number of hydrogen-bond donors (Lipinski definition) is 2. The molecule has 6 nitrogen and oxygen atoms in total. The smallest absolute Gasteiger partial charge is 0.271 e. The van der Waals surface area contributed by atoms with Crippen molar-refractivity contribution in [1.82, 2.24) is 20.4 Å². The van der Waals surface area contributed by atoms with Crippen LogP contribution < -0.4 is 10.9 Å². The van der Waals surface area contributed by atoms with Crippen LogP contribution in [0.2, 0.25) is 0 Å². The van der Waals surface area contributed by atoms with Crippen LogP contribution in [0, 0.1) is 0 Å². The molecule has 0 saturated carbocycles. The molecule has 0 saturated heterocycles. The van der Waals surface area contributed by atoms with Crippen LogP contribution in [0.4, 0.5) is 5.69 Å². The number of nitrogens with one attached hydrogen (secondary N) is 2. The van der Waals surface area contributed by atoms with Gasteiger partial charge in [0.2, 0.25) is 0 Å². The van der Waals surface area contributed by atoms with Gasteiger partial charge in [-0.05, 0) is 24.3 Å². The molecule has 1 amide bonds. The largest absolute Gasteiger partial charge is 0.298 e. The molecule has 0 aliphatic heterocycles. The molecule has 1 aromatic heterocycles. The summed E-state index contributed by atoms with van der Waals surface area (Å²) in [6.07, 6.45) is 3.26. The third-order valence-corrected chi connectivity index (χ3v) is 2.91. The summed E-state index contributed by atoms with van der Waals surface area (Å²) in [7, 11) is 0. The first-order chi connectivity index (χ1) is 10.3. The van der Waals surface area contributed by atoms with Crippen molar-refractivity contribution in [2.24, 2.45) is 0 Å². The van der Waals surface area contributed by atoms with Crippen LogP contribution in [-0.2, 0) is 0 Å². The van der Waals surface area contributed by atoms with E-state index in [1.165, 1.54) is 0 Å². The molecule has 0 radical (unpaired) electrons. The van der Waals surface area contributed by atoms with Crippen LogP contribution in [-0.4, -0.2) is 20.9 Å². The maximum atomic E-state index is 12.3. The summed E-state index contributed by atoms with van der Waals surface area (Å²) in [5.74, 6) is -0.245. The third kappa shape index (κ3) is 2.89. The van der Waals surface area contributed by atoms with Crippen molar-refractivity contribution in [2.45, 2.75) is 0 Å². The van der Waals surface area contributed by atoms with Gasteiger partial charge in [-0.2, -0.15) is 0 Å². The zero-order valence-electron chi connectivity index (χ0n) is 11.1. The van der Waals surface area contributed by atoms with Crippen LogP contribution >= 0.6 is 0 Å². The first-order valence-electron chi connectivity index (χ1n) is 6.42. The third-order valence-electron chi connectivity index (χ3n) is 2.91. The normalized spacial score (nSPS) is 10.1. The summed E-state index contributed by atoms with van der Waals surface area (Å²) in [5, 5.41) is 7.67. The van der Waals surface area contributed by atoms with Crippen LogP contribution in [0.5, 0.6) is 0 Å². The van der Waals surface area contributed by atoms with Crippen LogP contribution in [0.15, 0.2) is 67.0 Å². The van der Waals surface area contributed by atoms with Gasteiger partial charge in [-0.3, -0.25) is 15.6 Å². The number of nitrogens with zero attached hydrogens (tertiary/aromatic N) is 3. The van der Waals surface area contributed by atoms with Crippen molar-refractivity contribution in [1.29, 1.82) is 0 Å². The van der Waals surface area contributed by atoms with Crippen LogP contribution in [0.1, 0.15) is 10.4 Å². The molecular formula is C15H13N5O. The van der Waals surface area contributed by atoms with E-state index in [0.717, 1.165) is 5.69 Å². The Kier molecular flexibility index (Phi) is 3.60. The van der Waals surface area contributed by atoms with Crippen molar-refractivity contribution in [3.63, 3.8) is 0 Å². The number of benzene rings is 2. The predicted octanol–water partition coefficient (Wildman–Crippen LogP) is 2.02. The quantitative estimate of drug-likeness (QED) is 0.717. The molecular weight excluding hydrogens is 266 g/mol. The standard InChI is InChI=1S/C15H13N5O/c21-15(18-17-12-6-2-1-3-7-12)13-8-4-5-9-14(13)20-11-10-16-19-20/h1-11,17H,(H,18,21). The molecule has 21 heavy (non-hydrogen) atoms. The molecule has 2 N–H and O–H groups in total. The second-order valence-electron chi connectivity index (χ2n) is 4.31. The van der Waals surface area contributed by atoms with E-state index in [1.54, 1.807) is 29.2 Å². The van der Waals surface area contributed by atoms with E-state index in [2.05, 4.69) is 21.2 Å². The van der Waals surface area contributed by atoms with Gasteiger partial charge in [0.05, 0.1) is 29.3 Å². The van der Waals surface area contributed by atoms with Gasteiger partial charge in [-0.25, -0.2) is 4.68 Å². The molecule has 0 fully saturated rings. The molecule has 2 aromatic carbocycles. The molecule has 0 atom stereocenters. The molecule has 0 aliphatic carbocycles. The van der Waals surface area contributed by atoms with Gasteiger partial charge in [0.15, 0.2) is 0 Å². The maximum Gasteiger partial charge on any atom is 0.271 e. The number of rotatable bonds is 4. The number of para-hydroxylation sites is 2. The molecule has 0 aliphatic rings. The van der Waals surface area contributed by atoms with Crippen LogP contribution in [0.25, 0.3) is 5.69 Å². The number of hydrogen-bond acceptors (Lipinski definition) is 4. The predicted molar refractivity (Wildman–Crippen MR) is 78.9 cm³/mol. The van der Waals surface area contributed by atoms with Gasteiger partial charge >= 0.3 is 0 Å². The van der Waals surface area contributed by atoms with Crippen molar-refractivity contribution in [2.75, 3.05) is 5.43 Å². The Hall–Kier alpha value is -3.15. The van der Waals surface area contributed by atoms with Crippen molar-refractivity contribution >= 4 is 11.6 Å². The minimum Gasteiger partial charge on any atom is -0.298 e. The SMILES string of the molecule is O=C(NNc1ccccc1)c1ccccc1-n1ccnn1. The Labute approximate surface area is 121 Å². The maximum absolute atomic E-state index is 12.3. The van der Waals surface area contributed by atoms with Gasteiger partial charge < -0.3 is 0 Å². The Morgan fingerprint density at radius 1 is 1.00 bits per heavy atom. The molecule has 3 aromatic rings. The topological polar surface area (TPSA) is 71.8 Å². The summed E-state index contributed by atoms with van der Waals surface area (Å²) in [4.78, 5) is 12.3. The zero-order valence-corrected chi connectivity index (χ0v) is 11.1. The summed E-state index contributed by atoms with van der Waals surface area (Å²) in [5.41, 5.74) is 7.52. The van der Waals surface area contributed by atoms with E-state index < -0.39 is 0 Å². The molecule has 104 valence electrons. The second kappa shape index (κ2) is 5.87. The number of carbonyl (C=O) groups is 1. The van der Waals surface area contributed by atoms with Crippen molar-refractivity contribution in [3.05, 3.63) is 72.6 Å². The van der Waals surface area contributed by atoms with E-state index in [9.17, 15) is 4.79 Å². The molecule has 0 bridgehead atoms. The fourth-order valence-corrected chi connectivity index (χ4v) is 1.92. The van der Waals surface area contributed by atoms with Gasteiger partial charge in [0.1, 0.15) is 0 Å². The summed E-state index contributed by atoms with van der Waals surface area (Å²) < 4.78 is 1.55. The highest BCUT2D eigenvalue weighted by atomic mass is 16.2. The van der Waals surface area contributed by atoms with Crippen molar-refractivity contribution < 1.29 is 4.79 Å². The lowest BCUT2D eigenvalue weighted by Crippen LogP contribution is -2.30. The Morgan fingerprint density at radius 3 is 2.52 bits per heavy atom. The van der Waals surface area contributed by atoms with Gasteiger partial charge in [-0.15, -0.1) is 5.10 Å². The number of amides is 1. The number of hydrazine groups is 1. The molecule has 0 unspecified atom stereocenters. The monoisotopic (exact) mass is 279 g/mol. The average molecular weight is 279 g/mol. The van der Waals surface area contributed by atoms with Gasteiger partial charge in [0.25, 0.3) is 5.91 Å². The van der Waals surface area contributed by atoms with E-state index in [1.807, 2.05) is 42.5 Å². The first-order valence-corrected chi connectivity index (χ1v) is 6.42. The van der Waals surface area contributed by atoms with Gasteiger partial charge in [-0.1, -0.05) is 35.5 Å². The van der Waals surface area contributed by atoms with E-state index in [0.29, 0.717) is 11.3 Å². The molecule has 6 heteroatoms. The lowest BCUT2D eigenvalue weighted by Gasteiger charge is -2.11. The Morgan fingerprint density at radius 2 is 1.76 bits per heavy atom. The highest BCUT2D eigenvalue weighted by Gasteiger charge is 2.12. The Balaban J connectivity index is 1.79. The minimum atomic E-state index is -0.245. The Bertz CT molecular complexity index is 725. The highest BCUT2D eigenvalue weighted by molar-refractivity contribution is 5.98. The second-order valence-corrected chi connectivity index (χ2v) is 4.31. The van der Waals surface area contributed by atoms with Crippen molar-refractivity contribution in [3.8, 4) is 5.69 Å². The lowest BCUT2D eigenvalue weighted by atomic mass is 10.1. The molecule has 1 heterocycles. The van der Waals surface area contributed by atoms with E-state index in [-0.39, 0.29) is 5.91 Å². The summed E-state index contributed by atoms with van der Waals surface area (Å²) in [6, 6.07) is 16.6. The summed E-state index contributed by atoms with van der Waals surface area (Å²) >= 11 is 0. The van der Waals surface area contributed by atoms with E-state index >= 15 is 0 Å². The van der Waals surface area contributed by atoms with Gasteiger partial charge in [0, 0.05) is 0 Å². The van der Waals surface area contributed by atoms with Crippen LogP contribution in [0.3, 0.4) is 0 Å². The molecule has 3 rings (SSSR count).